The summed E-state index contributed by atoms with van der Waals surface area (Å²) in [6.07, 6.45) is 0.548. The van der Waals surface area contributed by atoms with Crippen molar-refractivity contribution in [2.24, 2.45) is 0 Å². The van der Waals surface area contributed by atoms with Crippen LogP contribution in [0, 0.1) is 20.8 Å². The number of rotatable bonds is 13. The standard InChI is InChI=1S/C52H53N5O7/c1-9-57(35-12-15-37-27(2)22-49(62)64-46(37)23-35)20-21-63-36-13-10-34(11-14-36)50-51-30(5)28(3)40(55-51)24-42-32(7)38(16-18-47(58)59)44(53-42)26-45-39(17-19-48(60)61)33(8)43(54-45)25-41-29(4)31(6)52(50)56-41/h10-15,22-26,53-54H,9,16-21H2,1-8H3,(H,58,59)(H,60,61). The molecule has 0 saturated carbocycles. The number of nitrogens with zero attached hydrogens (tertiary/aromatic N) is 3. The zero-order valence-electron chi connectivity index (χ0n) is 37.6. The Balaban J connectivity index is 1.24. The molecule has 4 N–H and O–H groups in total. The van der Waals surface area contributed by atoms with Crippen molar-refractivity contribution in [3.8, 4) is 16.9 Å². The lowest BCUT2D eigenvalue weighted by atomic mass is 9.94. The van der Waals surface area contributed by atoms with Gasteiger partial charge in [-0.2, -0.15) is 0 Å². The third-order valence-electron chi connectivity index (χ3n) is 12.9. The molecule has 64 heavy (non-hydrogen) atoms. The Hall–Kier alpha value is -7.21. The summed E-state index contributed by atoms with van der Waals surface area (Å²) in [5.41, 5.74) is 17.9. The number of likely N-dealkylation sites (N-methyl/N-ethyl adjacent to an activating group) is 1. The van der Waals surface area contributed by atoms with Gasteiger partial charge < -0.3 is 34.2 Å². The van der Waals surface area contributed by atoms with Crippen LogP contribution in [0.3, 0.4) is 0 Å². The molecule has 0 amide bonds. The summed E-state index contributed by atoms with van der Waals surface area (Å²) in [4.78, 5) is 55.7. The fraction of sp³-hybridized carbons (Fsp3) is 0.288. The summed E-state index contributed by atoms with van der Waals surface area (Å²) in [6, 6.07) is 21.5. The van der Waals surface area contributed by atoms with E-state index in [1.54, 1.807) is 0 Å². The monoisotopic (exact) mass is 859 g/mol. The number of carboxylic acid groups (broad SMARTS) is 2. The van der Waals surface area contributed by atoms with Gasteiger partial charge in [-0.3, -0.25) is 9.59 Å². The summed E-state index contributed by atoms with van der Waals surface area (Å²) in [6.45, 7) is 18.1. The smallest absolute Gasteiger partial charge is 0.336 e. The molecule has 2 aromatic carbocycles. The molecular formula is C52H53N5O7. The molecule has 6 heterocycles. The number of allylic oxidation sites excluding steroid dienone is 4. The molecule has 12 heteroatoms. The van der Waals surface area contributed by atoms with E-state index in [4.69, 9.17) is 19.1 Å². The summed E-state index contributed by atoms with van der Waals surface area (Å²) >= 11 is 0. The molecule has 8 rings (SSSR count). The highest BCUT2D eigenvalue weighted by atomic mass is 16.5. The molecule has 4 aromatic heterocycles. The van der Waals surface area contributed by atoms with Gasteiger partial charge in [0.15, 0.2) is 0 Å². The van der Waals surface area contributed by atoms with E-state index in [1.807, 2.05) is 69.3 Å². The average Bonchev–Trinajstić information content (AvgIpc) is 3.91. The van der Waals surface area contributed by atoms with Gasteiger partial charge in [-0.05, 0) is 166 Å². The van der Waals surface area contributed by atoms with Crippen LogP contribution in [0.15, 0.2) is 75.9 Å². The van der Waals surface area contributed by atoms with Crippen molar-refractivity contribution in [3.05, 3.63) is 128 Å². The van der Waals surface area contributed by atoms with E-state index < -0.39 is 11.9 Å². The molecule has 6 aromatic rings. The van der Waals surface area contributed by atoms with Gasteiger partial charge in [0.05, 0.1) is 29.3 Å². The van der Waals surface area contributed by atoms with Crippen molar-refractivity contribution in [3.63, 3.8) is 0 Å². The lowest BCUT2D eigenvalue weighted by Gasteiger charge is -2.23. The van der Waals surface area contributed by atoms with E-state index in [1.165, 1.54) is 6.07 Å². The lowest BCUT2D eigenvalue weighted by molar-refractivity contribution is -0.138. The van der Waals surface area contributed by atoms with Crippen LogP contribution in [0.5, 0.6) is 5.75 Å². The Morgan fingerprint density at radius 3 is 1.75 bits per heavy atom. The minimum atomic E-state index is -0.887. The zero-order valence-corrected chi connectivity index (χ0v) is 37.6. The van der Waals surface area contributed by atoms with Crippen molar-refractivity contribution >= 4 is 73.0 Å². The number of anilines is 1. The highest BCUT2D eigenvalue weighted by Gasteiger charge is 2.25. The molecule has 0 unspecified atom stereocenters. The van der Waals surface area contributed by atoms with Crippen LogP contribution in [-0.2, 0) is 22.4 Å². The maximum Gasteiger partial charge on any atom is 0.336 e. The van der Waals surface area contributed by atoms with Gasteiger partial charge in [0.2, 0.25) is 0 Å². The molecule has 0 saturated heterocycles. The second kappa shape index (κ2) is 17.5. The van der Waals surface area contributed by atoms with E-state index in [-0.39, 0.29) is 18.5 Å². The Kier molecular flexibility index (Phi) is 11.9. The van der Waals surface area contributed by atoms with E-state index in [2.05, 4.69) is 61.6 Å². The largest absolute Gasteiger partial charge is 0.492 e. The first-order valence-electron chi connectivity index (χ1n) is 21.7. The fourth-order valence-corrected chi connectivity index (χ4v) is 8.86. The van der Waals surface area contributed by atoms with Crippen LogP contribution in [0.4, 0.5) is 5.69 Å². The van der Waals surface area contributed by atoms with Crippen molar-refractivity contribution < 1.29 is 29.0 Å². The zero-order chi connectivity index (χ0) is 45.6. The highest BCUT2D eigenvalue weighted by molar-refractivity contribution is 6.01. The fourth-order valence-electron chi connectivity index (χ4n) is 8.86. The number of hydrogen-bond donors (Lipinski definition) is 4. The third kappa shape index (κ3) is 8.35. The number of benzene rings is 2. The van der Waals surface area contributed by atoms with Crippen molar-refractivity contribution in [2.75, 3.05) is 24.6 Å². The number of ether oxygens (including phenoxy) is 1. The van der Waals surface area contributed by atoms with Crippen LogP contribution in [0.1, 0.15) is 98.1 Å². The van der Waals surface area contributed by atoms with Gasteiger partial charge >= 0.3 is 17.6 Å². The topological polar surface area (TPSA) is 175 Å². The minimum Gasteiger partial charge on any atom is -0.492 e. The first-order chi connectivity index (χ1) is 30.6. The van der Waals surface area contributed by atoms with Gasteiger partial charge in [-0.1, -0.05) is 12.1 Å². The normalized spacial score (nSPS) is 12.7. The predicted molar refractivity (Wildman–Crippen MR) is 255 cm³/mol. The minimum absolute atomic E-state index is 0.0414. The SMILES string of the molecule is CCN(CCOc1ccc(-c2c3nc(cc4[nH]c(cc5[nH]c(cc6nc2C(C)=C6C)c(C)c5CCC(=O)O)c(CCC(=O)O)c4C)C(C)=C3C)cc1)c1ccc2c(C)cc(=O)oc2c1. The van der Waals surface area contributed by atoms with E-state index in [0.29, 0.717) is 37.3 Å². The van der Waals surface area contributed by atoms with E-state index in [9.17, 15) is 24.6 Å². The van der Waals surface area contributed by atoms with Crippen molar-refractivity contribution in [1.29, 1.82) is 0 Å². The molecule has 0 aliphatic carbocycles. The quantitative estimate of drug-likeness (QED) is 0.0818. The molecule has 328 valence electrons. The molecule has 2 aliphatic heterocycles. The summed E-state index contributed by atoms with van der Waals surface area (Å²) in [7, 11) is 0. The number of hydrogen-bond acceptors (Lipinski definition) is 8. The number of H-pyrrole nitrogens is 2. The molecule has 0 radical (unpaired) electrons. The maximum atomic E-state index is 12.1. The first-order valence-corrected chi connectivity index (χ1v) is 21.7. The van der Waals surface area contributed by atoms with E-state index in [0.717, 1.165) is 124 Å². The second-order valence-electron chi connectivity index (χ2n) is 16.8. The Labute approximate surface area is 371 Å². The molecule has 8 bridgehead atoms. The summed E-state index contributed by atoms with van der Waals surface area (Å²) in [5.74, 6) is -1.06. The molecule has 2 aliphatic rings. The number of aromatic nitrogens is 4. The molecule has 12 nitrogen and oxygen atoms in total. The average molecular weight is 860 g/mol. The van der Waals surface area contributed by atoms with Gasteiger partial charge in [0, 0.05) is 70.2 Å². The number of fused-ring (bicyclic) bond motifs is 9. The maximum absolute atomic E-state index is 12.1. The van der Waals surface area contributed by atoms with Crippen LogP contribution in [-0.4, -0.2) is 61.8 Å². The Morgan fingerprint density at radius 2 is 1.23 bits per heavy atom. The molecule has 0 spiro atoms. The van der Waals surface area contributed by atoms with Crippen LogP contribution in [0.2, 0.25) is 0 Å². The highest BCUT2D eigenvalue weighted by Crippen LogP contribution is 2.42. The Bertz CT molecular complexity index is 3050. The molecule has 0 atom stereocenters. The predicted octanol–water partition coefficient (Wildman–Crippen LogP) is 10.9. The number of aryl methyl sites for hydroxylation is 5. The Morgan fingerprint density at radius 1 is 0.688 bits per heavy atom. The number of aromatic amines is 2. The number of carbonyl (C=O) groups is 2. The first kappa shape index (κ1) is 43.4. The van der Waals surface area contributed by atoms with Crippen LogP contribution >= 0.6 is 0 Å². The van der Waals surface area contributed by atoms with Gasteiger partial charge in [-0.15, -0.1) is 0 Å². The number of carboxylic acids is 2. The number of nitrogens with one attached hydrogen (secondary N) is 2. The van der Waals surface area contributed by atoms with Gasteiger partial charge in [0.1, 0.15) is 17.9 Å². The van der Waals surface area contributed by atoms with Crippen LogP contribution < -0.4 is 15.3 Å². The lowest BCUT2D eigenvalue weighted by Crippen LogP contribution is -2.28. The second-order valence-corrected chi connectivity index (χ2v) is 16.8. The summed E-state index contributed by atoms with van der Waals surface area (Å²) in [5, 5.41) is 20.3. The van der Waals surface area contributed by atoms with Crippen LogP contribution in [0.25, 0.3) is 66.5 Å². The summed E-state index contributed by atoms with van der Waals surface area (Å²) < 4.78 is 11.8. The van der Waals surface area contributed by atoms with Gasteiger partial charge in [-0.25, -0.2) is 14.8 Å². The van der Waals surface area contributed by atoms with Gasteiger partial charge in [0.25, 0.3) is 0 Å². The molecular weight excluding hydrogens is 807 g/mol. The van der Waals surface area contributed by atoms with E-state index >= 15 is 0 Å². The molecule has 0 fully saturated rings. The third-order valence-corrected chi connectivity index (χ3v) is 12.9. The van der Waals surface area contributed by atoms with Crippen molar-refractivity contribution in [1.82, 2.24) is 19.9 Å². The van der Waals surface area contributed by atoms with Crippen molar-refractivity contribution in [2.45, 2.75) is 81.1 Å². The number of aliphatic carboxylic acids is 2.